The van der Waals surface area contributed by atoms with Crippen LogP contribution in [-0.4, -0.2) is 35.5 Å². The van der Waals surface area contributed by atoms with Crippen LogP contribution in [0.2, 0.25) is 0 Å². The molecule has 0 aromatic carbocycles. The monoisotopic (exact) mass is 175 g/mol. The maximum Gasteiger partial charge on any atom is 0.0613 e. The summed E-state index contributed by atoms with van der Waals surface area (Å²) in [5, 5.41) is 21.0. The van der Waals surface area contributed by atoms with Gasteiger partial charge in [-0.1, -0.05) is 13.8 Å². The first kappa shape index (κ1) is 11.9. The van der Waals surface area contributed by atoms with Crippen LogP contribution in [0.25, 0.3) is 0 Å². The number of nitrogens with one attached hydrogen (secondary N) is 1. The number of aliphatic hydroxyl groups is 2. The maximum atomic E-state index is 9.15. The van der Waals surface area contributed by atoms with Crippen LogP contribution < -0.4 is 5.32 Å². The van der Waals surface area contributed by atoms with Gasteiger partial charge in [0.15, 0.2) is 0 Å². The molecule has 0 atom stereocenters. The molecule has 0 aliphatic rings. The predicted octanol–water partition coefficient (Wildman–Crippen LogP) is 0.510. The lowest BCUT2D eigenvalue weighted by molar-refractivity contribution is 0.148. The number of aliphatic hydroxyl groups excluding tert-OH is 2. The molecule has 3 heteroatoms. The van der Waals surface area contributed by atoms with Crippen molar-refractivity contribution >= 4 is 0 Å². The van der Waals surface area contributed by atoms with Gasteiger partial charge in [0, 0.05) is 12.1 Å². The standard InChI is InChI=1S/C9H21NO2/c1-3-9(4-2,8-12)10-6-5-7-11/h10-12H,3-8H2,1-2H3. The third-order valence-electron chi connectivity index (χ3n) is 2.49. The molecule has 3 N–H and O–H groups in total. The second kappa shape index (κ2) is 6.40. The molecule has 0 heterocycles. The van der Waals surface area contributed by atoms with Gasteiger partial charge in [0.2, 0.25) is 0 Å². The summed E-state index contributed by atoms with van der Waals surface area (Å²) in [6.07, 6.45) is 2.60. The second-order valence-electron chi connectivity index (χ2n) is 3.15. The van der Waals surface area contributed by atoms with Crippen LogP contribution in [0.3, 0.4) is 0 Å². The van der Waals surface area contributed by atoms with Crippen molar-refractivity contribution < 1.29 is 10.2 Å². The van der Waals surface area contributed by atoms with E-state index in [1.807, 2.05) is 0 Å². The SMILES string of the molecule is CCC(CC)(CO)NCCCO. The van der Waals surface area contributed by atoms with Crippen LogP contribution in [0, 0.1) is 0 Å². The third kappa shape index (κ3) is 3.52. The van der Waals surface area contributed by atoms with E-state index in [9.17, 15) is 0 Å². The van der Waals surface area contributed by atoms with Gasteiger partial charge in [-0.05, 0) is 25.8 Å². The van der Waals surface area contributed by atoms with E-state index < -0.39 is 0 Å². The van der Waals surface area contributed by atoms with Gasteiger partial charge < -0.3 is 15.5 Å². The minimum absolute atomic E-state index is 0.130. The topological polar surface area (TPSA) is 52.5 Å². The molecule has 0 fully saturated rings. The molecule has 0 bridgehead atoms. The lowest BCUT2D eigenvalue weighted by Gasteiger charge is -2.30. The average molecular weight is 175 g/mol. The second-order valence-corrected chi connectivity index (χ2v) is 3.15. The van der Waals surface area contributed by atoms with Gasteiger partial charge in [-0.15, -0.1) is 0 Å². The average Bonchev–Trinajstić information content (AvgIpc) is 2.14. The van der Waals surface area contributed by atoms with Crippen LogP contribution >= 0.6 is 0 Å². The van der Waals surface area contributed by atoms with Crippen LogP contribution in [0.15, 0.2) is 0 Å². The molecule has 74 valence electrons. The number of rotatable bonds is 7. The Hall–Kier alpha value is -0.120. The summed E-state index contributed by atoms with van der Waals surface area (Å²) in [5.74, 6) is 0. The Morgan fingerprint density at radius 2 is 1.75 bits per heavy atom. The van der Waals surface area contributed by atoms with Crippen LogP contribution in [0.4, 0.5) is 0 Å². The van der Waals surface area contributed by atoms with Crippen molar-refractivity contribution in [1.82, 2.24) is 5.32 Å². The maximum absolute atomic E-state index is 9.15. The summed E-state index contributed by atoms with van der Waals surface area (Å²) in [7, 11) is 0. The Morgan fingerprint density at radius 3 is 2.08 bits per heavy atom. The minimum Gasteiger partial charge on any atom is -0.396 e. The molecule has 0 aliphatic carbocycles. The van der Waals surface area contributed by atoms with E-state index >= 15 is 0 Å². The highest BCUT2D eigenvalue weighted by atomic mass is 16.3. The molecule has 3 nitrogen and oxygen atoms in total. The molecule has 0 aromatic rings. The minimum atomic E-state index is -0.130. The lowest BCUT2D eigenvalue weighted by atomic mass is 9.94. The fraction of sp³-hybridized carbons (Fsp3) is 1.00. The van der Waals surface area contributed by atoms with E-state index in [0.717, 1.165) is 25.8 Å². The lowest BCUT2D eigenvalue weighted by Crippen LogP contribution is -2.48. The molecular weight excluding hydrogens is 154 g/mol. The summed E-state index contributed by atoms with van der Waals surface area (Å²) in [6, 6.07) is 0. The smallest absolute Gasteiger partial charge is 0.0613 e. The van der Waals surface area contributed by atoms with Crippen molar-refractivity contribution in [3.05, 3.63) is 0 Å². The van der Waals surface area contributed by atoms with Gasteiger partial charge in [-0.2, -0.15) is 0 Å². The third-order valence-corrected chi connectivity index (χ3v) is 2.49. The zero-order valence-corrected chi connectivity index (χ0v) is 8.14. The van der Waals surface area contributed by atoms with Gasteiger partial charge in [0.25, 0.3) is 0 Å². The molecule has 0 unspecified atom stereocenters. The number of hydrogen-bond donors (Lipinski definition) is 3. The van der Waals surface area contributed by atoms with E-state index in [1.54, 1.807) is 0 Å². The predicted molar refractivity (Wildman–Crippen MR) is 50.1 cm³/mol. The highest BCUT2D eigenvalue weighted by Crippen LogP contribution is 2.13. The number of hydrogen-bond acceptors (Lipinski definition) is 3. The quantitative estimate of drug-likeness (QED) is 0.494. The summed E-state index contributed by atoms with van der Waals surface area (Å²) in [5.41, 5.74) is -0.130. The molecule has 0 aromatic heterocycles. The molecule has 0 saturated heterocycles. The molecule has 0 amide bonds. The van der Waals surface area contributed by atoms with E-state index in [4.69, 9.17) is 10.2 Å². The van der Waals surface area contributed by atoms with Gasteiger partial charge in [-0.25, -0.2) is 0 Å². The van der Waals surface area contributed by atoms with E-state index in [-0.39, 0.29) is 18.8 Å². The fourth-order valence-corrected chi connectivity index (χ4v) is 1.21. The zero-order valence-electron chi connectivity index (χ0n) is 8.14. The largest absolute Gasteiger partial charge is 0.396 e. The zero-order chi connectivity index (χ0) is 9.45. The van der Waals surface area contributed by atoms with Crippen molar-refractivity contribution in [1.29, 1.82) is 0 Å². The van der Waals surface area contributed by atoms with Crippen molar-refractivity contribution in [2.45, 2.75) is 38.6 Å². The van der Waals surface area contributed by atoms with Crippen molar-refractivity contribution in [3.8, 4) is 0 Å². The van der Waals surface area contributed by atoms with Crippen LogP contribution in [-0.2, 0) is 0 Å². The Kier molecular flexibility index (Phi) is 6.34. The Labute approximate surface area is 74.8 Å². The first-order valence-electron chi connectivity index (χ1n) is 4.71. The Balaban J connectivity index is 3.76. The molecule has 0 spiro atoms. The summed E-state index contributed by atoms with van der Waals surface area (Å²) >= 11 is 0. The van der Waals surface area contributed by atoms with Gasteiger partial charge in [0.1, 0.15) is 0 Å². The molecule has 0 aliphatic heterocycles. The summed E-state index contributed by atoms with van der Waals surface area (Å²) in [4.78, 5) is 0. The molecule has 0 rings (SSSR count). The van der Waals surface area contributed by atoms with Gasteiger partial charge in [0.05, 0.1) is 6.61 Å². The van der Waals surface area contributed by atoms with E-state index in [0.29, 0.717) is 0 Å². The first-order valence-corrected chi connectivity index (χ1v) is 4.71. The van der Waals surface area contributed by atoms with Gasteiger partial charge in [-0.3, -0.25) is 0 Å². The first-order chi connectivity index (χ1) is 5.74. The van der Waals surface area contributed by atoms with E-state index in [1.165, 1.54) is 0 Å². The highest BCUT2D eigenvalue weighted by molar-refractivity contribution is 4.84. The summed E-state index contributed by atoms with van der Waals surface area (Å²) in [6.45, 7) is 5.28. The van der Waals surface area contributed by atoms with Gasteiger partial charge >= 0.3 is 0 Å². The molecule has 0 radical (unpaired) electrons. The van der Waals surface area contributed by atoms with Crippen LogP contribution in [0.1, 0.15) is 33.1 Å². The van der Waals surface area contributed by atoms with Crippen molar-refractivity contribution in [2.75, 3.05) is 19.8 Å². The Bertz CT molecular complexity index is 94.4. The normalized spacial score (nSPS) is 12.0. The van der Waals surface area contributed by atoms with Crippen molar-refractivity contribution in [3.63, 3.8) is 0 Å². The highest BCUT2D eigenvalue weighted by Gasteiger charge is 2.23. The molecule has 12 heavy (non-hydrogen) atoms. The molecular formula is C9H21NO2. The molecule has 0 saturated carbocycles. The van der Waals surface area contributed by atoms with Crippen LogP contribution in [0.5, 0.6) is 0 Å². The Morgan fingerprint density at radius 1 is 1.17 bits per heavy atom. The summed E-state index contributed by atoms with van der Waals surface area (Å²) < 4.78 is 0. The van der Waals surface area contributed by atoms with Crippen molar-refractivity contribution in [2.24, 2.45) is 0 Å². The van der Waals surface area contributed by atoms with E-state index in [2.05, 4.69) is 19.2 Å². The fourth-order valence-electron chi connectivity index (χ4n) is 1.21.